The van der Waals surface area contributed by atoms with Gasteiger partial charge in [0.15, 0.2) is 12.6 Å². The van der Waals surface area contributed by atoms with Crippen LogP contribution in [-0.4, -0.2) is 39.4 Å². The molecule has 0 radical (unpaired) electrons. The van der Waals surface area contributed by atoms with Crippen molar-refractivity contribution in [2.75, 3.05) is 13.1 Å². The standard InChI is InChI=1S/C2H8N2.C2H9NO6P2.3H2O/c3-1-2-4;1-2(3,10(4,5)6)11(7,8)9;;;/h1-4H2;3H2,1H3,(H2,4,5,6)(H2,7,8,9);3*1H2. The van der Waals surface area contributed by atoms with Gasteiger partial charge >= 0.3 is 0 Å². The Bertz CT molecular complexity index is 247. The van der Waals surface area contributed by atoms with E-state index in [2.05, 4.69) is 17.2 Å². The van der Waals surface area contributed by atoms with Crippen LogP contribution in [0.5, 0.6) is 0 Å². The third-order valence-electron chi connectivity index (χ3n) is 1.45. The molecule has 0 rings (SSSR count). The van der Waals surface area contributed by atoms with E-state index in [1.54, 1.807) is 0 Å². The second-order valence-corrected chi connectivity index (χ2v) is 7.30. The Morgan fingerprint density at radius 3 is 1.28 bits per heavy atom. The van der Waals surface area contributed by atoms with Gasteiger partial charge in [-0.3, -0.25) is 0 Å². The Balaban J connectivity index is -0.0000000712. The number of hydrogen-bond donors (Lipinski definition) is 4. The van der Waals surface area contributed by atoms with Crippen LogP contribution in [0.4, 0.5) is 0 Å². The molecular weight excluding hydrogens is 296 g/mol. The highest BCUT2D eigenvalue weighted by Gasteiger charge is 2.38. The van der Waals surface area contributed by atoms with Crippen LogP contribution >= 0.6 is 15.2 Å². The van der Waals surface area contributed by atoms with E-state index in [9.17, 15) is 23.8 Å². The first-order valence-corrected chi connectivity index (χ1v) is 7.03. The van der Waals surface area contributed by atoms with Crippen LogP contribution in [0.15, 0.2) is 0 Å². The Labute approximate surface area is 103 Å². The summed E-state index contributed by atoms with van der Waals surface area (Å²) in [6.07, 6.45) is 0. The molecule has 1 unspecified atom stereocenters. The average molecular weight is 319 g/mol. The Hall–Kier alpha value is 0.0600. The molecule has 0 aliphatic carbocycles. The van der Waals surface area contributed by atoms with Crippen LogP contribution in [0, 0.1) is 0 Å². The van der Waals surface area contributed by atoms with Crippen molar-refractivity contribution in [3.63, 3.8) is 0 Å². The lowest BCUT2D eigenvalue weighted by Gasteiger charge is -2.45. The Kier molecular flexibility index (Phi) is 18.7. The van der Waals surface area contributed by atoms with Crippen molar-refractivity contribution in [3.8, 4) is 0 Å². The number of hydrogen-bond acceptors (Lipinski definition) is 5. The molecule has 14 heteroatoms. The van der Waals surface area contributed by atoms with Gasteiger partial charge < -0.3 is 62.3 Å². The first kappa shape index (κ1) is 30.8. The van der Waals surface area contributed by atoms with Gasteiger partial charge in [0.25, 0.3) is 0 Å². The van der Waals surface area contributed by atoms with Crippen molar-refractivity contribution in [3.05, 3.63) is 0 Å². The van der Waals surface area contributed by atoms with Gasteiger partial charge in [-0.05, 0) is 0 Å². The van der Waals surface area contributed by atoms with Crippen LogP contribution < -0.4 is 31.9 Å². The van der Waals surface area contributed by atoms with Crippen LogP contribution in [0.1, 0.15) is 6.92 Å². The quantitative estimate of drug-likeness (QED) is 0.365. The first-order chi connectivity index (χ1) is 6.41. The van der Waals surface area contributed by atoms with Gasteiger partial charge in [0.05, 0.1) is 0 Å². The minimum Gasteiger partial charge on any atom is -0.806 e. The summed E-state index contributed by atoms with van der Waals surface area (Å²) in [6.45, 7) is 2.45. The van der Waals surface area contributed by atoms with E-state index >= 15 is 0 Å². The van der Waals surface area contributed by atoms with E-state index in [1.165, 1.54) is 0 Å². The lowest BCUT2D eigenvalue weighted by molar-refractivity contribution is -0.454. The van der Waals surface area contributed by atoms with Crippen molar-refractivity contribution >= 4 is 15.2 Å². The summed E-state index contributed by atoms with van der Waals surface area (Å²) in [7, 11) is -10.7. The molecule has 0 bridgehead atoms. The molecule has 2 atom stereocenters. The van der Waals surface area contributed by atoms with E-state index in [0.29, 0.717) is 6.92 Å². The van der Waals surface area contributed by atoms with E-state index in [0.717, 1.165) is 13.1 Å². The largest absolute Gasteiger partial charge is 0.806 e. The fourth-order valence-corrected chi connectivity index (χ4v) is 1.39. The molecule has 118 valence electrons. The molecule has 12 nitrogen and oxygen atoms in total. The Morgan fingerprint density at radius 1 is 1.06 bits per heavy atom. The predicted molar refractivity (Wildman–Crippen MR) is 55.1 cm³/mol. The monoisotopic (exact) mass is 319 g/mol. The number of quaternary nitrogens is 3. The molecular formula is C4H23N3O9P2. The van der Waals surface area contributed by atoms with Crippen molar-refractivity contribution in [1.82, 2.24) is 0 Å². The van der Waals surface area contributed by atoms with Gasteiger partial charge in [-0.25, -0.2) is 0 Å². The summed E-state index contributed by atoms with van der Waals surface area (Å²) >= 11 is 0. The summed E-state index contributed by atoms with van der Waals surface area (Å²) < 4.78 is 20.4. The van der Waals surface area contributed by atoms with Gasteiger partial charge in [-0.1, -0.05) is 0 Å². The fraction of sp³-hybridized carbons (Fsp3) is 1.00. The first-order valence-electron chi connectivity index (χ1n) is 3.91. The summed E-state index contributed by atoms with van der Waals surface area (Å²) in [5.41, 5.74) is 9.68. The molecule has 0 heterocycles. The highest BCUT2D eigenvalue weighted by molar-refractivity contribution is 7.69. The van der Waals surface area contributed by atoms with E-state index in [4.69, 9.17) is 4.89 Å². The fourth-order valence-electron chi connectivity index (χ4n) is 0.155. The summed E-state index contributed by atoms with van der Waals surface area (Å²) in [5, 5.41) is -2.88. The van der Waals surface area contributed by atoms with E-state index in [1.807, 2.05) is 0 Å². The third kappa shape index (κ3) is 10.0. The molecule has 0 spiro atoms. The minimum absolute atomic E-state index is 0. The molecule has 0 aliphatic heterocycles. The molecule has 0 amide bonds. The Morgan fingerprint density at radius 2 is 1.28 bits per heavy atom. The van der Waals surface area contributed by atoms with Crippen molar-refractivity contribution in [2.24, 2.45) is 0 Å². The highest BCUT2D eigenvalue weighted by atomic mass is 31.2. The lowest BCUT2D eigenvalue weighted by Crippen LogP contribution is -2.73. The van der Waals surface area contributed by atoms with Gasteiger partial charge in [0.2, 0.25) is 0 Å². The zero-order chi connectivity index (χ0) is 12.9. The zero-order valence-corrected chi connectivity index (χ0v) is 11.7. The maximum atomic E-state index is 10.2. The van der Waals surface area contributed by atoms with E-state index in [-0.39, 0.29) is 16.4 Å². The minimum atomic E-state index is -5.43. The number of rotatable bonds is 3. The normalized spacial score (nSPS) is 16.2. The van der Waals surface area contributed by atoms with Gasteiger partial charge in [-0.2, -0.15) is 0 Å². The van der Waals surface area contributed by atoms with Crippen LogP contribution in [0.25, 0.3) is 0 Å². The van der Waals surface area contributed by atoms with Crippen LogP contribution in [0.2, 0.25) is 0 Å². The SMILES string of the molecule is C[C@@]([NH3+])(P(=O)([O-])[O-])P(=O)([O-])O.O.O.O.[NH3+]CC[NH3+]. The second-order valence-electron chi connectivity index (χ2n) is 2.94. The lowest BCUT2D eigenvalue weighted by atomic mass is 10.7. The highest BCUT2D eigenvalue weighted by Crippen LogP contribution is 2.57. The van der Waals surface area contributed by atoms with E-state index < -0.39 is 20.2 Å². The molecule has 0 fully saturated rings. The maximum Gasteiger partial charge on any atom is 0.198 e. The van der Waals surface area contributed by atoms with Gasteiger partial charge in [0.1, 0.15) is 13.1 Å². The van der Waals surface area contributed by atoms with Crippen molar-refractivity contribution in [1.29, 1.82) is 0 Å². The van der Waals surface area contributed by atoms with Crippen LogP contribution in [0.3, 0.4) is 0 Å². The maximum absolute atomic E-state index is 10.2. The van der Waals surface area contributed by atoms with Crippen molar-refractivity contribution < 1.29 is 62.3 Å². The molecule has 0 saturated heterocycles. The molecule has 16 N–H and O–H groups in total. The smallest absolute Gasteiger partial charge is 0.198 e. The molecule has 0 aliphatic rings. The third-order valence-corrected chi connectivity index (χ3v) is 5.34. The second kappa shape index (κ2) is 10.9. The topological polar surface area (TPSA) is 301 Å². The molecule has 18 heavy (non-hydrogen) atoms. The summed E-state index contributed by atoms with van der Waals surface area (Å²) in [4.78, 5) is 38.8. The van der Waals surface area contributed by atoms with Crippen LogP contribution in [-0.2, 0) is 9.13 Å². The summed E-state index contributed by atoms with van der Waals surface area (Å²) in [5.74, 6) is 0. The molecule has 0 aromatic carbocycles. The molecule has 0 aromatic heterocycles. The summed E-state index contributed by atoms with van der Waals surface area (Å²) in [6, 6.07) is 0. The predicted octanol–water partition coefficient (Wildman–Crippen LogP) is -8.64. The average Bonchev–Trinajstić information content (AvgIpc) is 2.01. The molecule has 0 saturated carbocycles. The van der Waals surface area contributed by atoms with Crippen molar-refractivity contribution in [2.45, 2.75) is 11.9 Å². The molecule has 0 aromatic rings. The zero-order valence-electron chi connectivity index (χ0n) is 9.92. The van der Waals surface area contributed by atoms with Gasteiger partial charge in [0, 0.05) is 14.5 Å². The van der Waals surface area contributed by atoms with Gasteiger partial charge in [-0.15, -0.1) is 0 Å².